The van der Waals surface area contributed by atoms with Gasteiger partial charge in [-0.25, -0.2) is 15.0 Å². The fourth-order valence-corrected chi connectivity index (χ4v) is 7.00. The number of nitriles is 1. The second-order valence-corrected chi connectivity index (χ2v) is 12.9. The van der Waals surface area contributed by atoms with Crippen LogP contribution in [0.1, 0.15) is 30.5 Å². The molecular weight excluding hydrogens is 633 g/mol. The van der Waals surface area contributed by atoms with Crippen molar-refractivity contribution in [3.63, 3.8) is 0 Å². The van der Waals surface area contributed by atoms with Crippen LogP contribution in [0, 0.1) is 11.3 Å². The highest BCUT2D eigenvalue weighted by molar-refractivity contribution is 5.95. The molecule has 0 aliphatic rings. The lowest BCUT2D eigenvalue weighted by molar-refractivity contribution is 1.08. The summed E-state index contributed by atoms with van der Waals surface area (Å²) >= 11 is 0. The number of nitrogens with zero attached hydrogens (tertiary/aromatic N) is 4. The number of rotatable bonds is 8. The van der Waals surface area contributed by atoms with Crippen molar-refractivity contribution in [3.05, 3.63) is 174 Å². The maximum Gasteiger partial charge on any atom is 0.164 e. The van der Waals surface area contributed by atoms with Crippen molar-refractivity contribution in [2.75, 3.05) is 0 Å². The van der Waals surface area contributed by atoms with Gasteiger partial charge in [0, 0.05) is 16.7 Å². The second kappa shape index (κ2) is 14.3. The van der Waals surface area contributed by atoms with E-state index >= 15 is 0 Å². The zero-order valence-electron chi connectivity index (χ0n) is 29.2. The van der Waals surface area contributed by atoms with E-state index in [4.69, 9.17) is 15.0 Å². The molecule has 0 amide bonds. The summed E-state index contributed by atoms with van der Waals surface area (Å²) in [6.07, 6.45) is 1.79. The van der Waals surface area contributed by atoms with Crippen molar-refractivity contribution < 1.29 is 0 Å². The highest BCUT2D eigenvalue weighted by Crippen LogP contribution is 2.35. The molecule has 8 rings (SSSR count). The van der Waals surface area contributed by atoms with Crippen LogP contribution in [0.2, 0.25) is 0 Å². The maximum atomic E-state index is 9.42. The average Bonchev–Trinajstić information content (AvgIpc) is 3.23. The third kappa shape index (κ3) is 6.37. The monoisotopic (exact) mass is 668 g/mol. The minimum Gasteiger partial charge on any atom is -0.208 e. The van der Waals surface area contributed by atoms with Crippen LogP contribution < -0.4 is 0 Å². The van der Waals surface area contributed by atoms with Gasteiger partial charge in [-0.2, -0.15) is 5.26 Å². The molecule has 0 N–H and O–H groups in total. The first kappa shape index (κ1) is 32.5. The molecule has 248 valence electrons. The summed E-state index contributed by atoms with van der Waals surface area (Å²) in [5, 5.41) is 11.7. The lowest BCUT2D eigenvalue weighted by Crippen LogP contribution is -2.00. The molecule has 1 heterocycles. The number of aromatic nitrogens is 3. The molecule has 52 heavy (non-hydrogen) atoms. The zero-order valence-corrected chi connectivity index (χ0v) is 29.2. The highest BCUT2D eigenvalue weighted by Gasteiger charge is 2.15. The largest absolute Gasteiger partial charge is 0.208 e. The van der Waals surface area contributed by atoms with E-state index in [0.717, 1.165) is 51.4 Å². The quantitative estimate of drug-likeness (QED) is 0.162. The van der Waals surface area contributed by atoms with Crippen LogP contribution in [0.4, 0.5) is 0 Å². The number of hydrogen-bond donors (Lipinski definition) is 0. The number of fused-ring (bicyclic) bond motifs is 1. The van der Waals surface area contributed by atoms with Gasteiger partial charge in [0.2, 0.25) is 0 Å². The Kier molecular flexibility index (Phi) is 8.92. The van der Waals surface area contributed by atoms with Crippen LogP contribution in [-0.2, 0) is 12.8 Å². The average molecular weight is 669 g/mol. The molecule has 0 atom stereocenters. The lowest BCUT2D eigenvalue weighted by Gasteiger charge is -2.15. The molecule has 8 aromatic rings. The Morgan fingerprint density at radius 1 is 0.423 bits per heavy atom. The predicted molar refractivity (Wildman–Crippen MR) is 213 cm³/mol. The second-order valence-electron chi connectivity index (χ2n) is 12.9. The van der Waals surface area contributed by atoms with Crippen LogP contribution in [-0.4, -0.2) is 15.0 Å². The first-order valence-corrected chi connectivity index (χ1v) is 17.8. The van der Waals surface area contributed by atoms with Gasteiger partial charge in [0.05, 0.1) is 11.6 Å². The van der Waals surface area contributed by atoms with Crippen LogP contribution in [0.5, 0.6) is 0 Å². The van der Waals surface area contributed by atoms with Crippen LogP contribution in [0.3, 0.4) is 0 Å². The summed E-state index contributed by atoms with van der Waals surface area (Å²) in [5.74, 6) is 1.94. The minimum atomic E-state index is 0.637. The van der Waals surface area contributed by atoms with E-state index in [1.165, 1.54) is 33.4 Å². The summed E-state index contributed by atoms with van der Waals surface area (Å²) in [7, 11) is 0. The van der Waals surface area contributed by atoms with Gasteiger partial charge in [-0.05, 0) is 86.3 Å². The zero-order chi connectivity index (χ0) is 35.4. The summed E-state index contributed by atoms with van der Waals surface area (Å²) in [4.78, 5) is 15.0. The van der Waals surface area contributed by atoms with Crippen molar-refractivity contribution in [2.45, 2.75) is 26.7 Å². The molecule has 0 saturated heterocycles. The van der Waals surface area contributed by atoms with Crippen molar-refractivity contribution in [3.8, 4) is 73.6 Å². The topological polar surface area (TPSA) is 62.5 Å². The molecule has 0 aliphatic carbocycles. The Bertz CT molecular complexity index is 2590. The minimum absolute atomic E-state index is 0.637. The normalized spacial score (nSPS) is 11.0. The van der Waals surface area contributed by atoms with Crippen LogP contribution in [0.15, 0.2) is 158 Å². The van der Waals surface area contributed by atoms with Gasteiger partial charge in [-0.15, -0.1) is 0 Å². The van der Waals surface area contributed by atoms with Gasteiger partial charge in [0.25, 0.3) is 0 Å². The summed E-state index contributed by atoms with van der Waals surface area (Å²) in [6.45, 7) is 4.35. The highest BCUT2D eigenvalue weighted by atomic mass is 15.0. The van der Waals surface area contributed by atoms with E-state index in [1.54, 1.807) is 0 Å². The molecule has 7 aromatic carbocycles. The van der Waals surface area contributed by atoms with E-state index in [0.29, 0.717) is 23.0 Å². The van der Waals surface area contributed by atoms with E-state index < -0.39 is 0 Å². The maximum absolute atomic E-state index is 9.42. The molecule has 0 saturated carbocycles. The molecule has 0 aliphatic heterocycles. The lowest BCUT2D eigenvalue weighted by atomic mass is 9.89. The third-order valence-corrected chi connectivity index (χ3v) is 9.76. The molecule has 0 fully saturated rings. The third-order valence-electron chi connectivity index (χ3n) is 9.76. The molecule has 4 heteroatoms. The van der Waals surface area contributed by atoms with Crippen molar-refractivity contribution in [2.24, 2.45) is 0 Å². The molecule has 1 aromatic heterocycles. The first-order valence-electron chi connectivity index (χ1n) is 17.8. The van der Waals surface area contributed by atoms with E-state index in [9.17, 15) is 5.26 Å². The molecule has 0 radical (unpaired) electrons. The predicted octanol–water partition coefficient (Wildman–Crippen LogP) is 12.0. The van der Waals surface area contributed by atoms with Crippen LogP contribution >= 0.6 is 0 Å². The van der Waals surface area contributed by atoms with Gasteiger partial charge in [0.15, 0.2) is 17.5 Å². The molecule has 0 unspecified atom stereocenters. The Morgan fingerprint density at radius 2 is 0.942 bits per heavy atom. The van der Waals surface area contributed by atoms with Gasteiger partial charge in [-0.3, -0.25) is 0 Å². The molecule has 0 bridgehead atoms. The van der Waals surface area contributed by atoms with Gasteiger partial charge in [0.1, 0.15) is 0 Å². The smallest absolute Gasteiger partial charge is 0.164 e. The number of benzene rings is 7. The van der Waals surface area contributed by atoms with Crippen molar-refractivity contribution in [1.82, 2.24) is 15.0 Å². The van der Waals surface area contributed by atoms with E-state index in [1.807, 2.05) is 42.5 Å². The van der Waals surface area contributed by atoms with E-state index in [-0.39, 0.29) is 0 Å². The Labute approximate surface area is 304 Å². The fraction of sp³-hybridized carbons (Fsp3) is 0.0833. The van der Waals surface area contributed by atoms with Gasteiger partial charge < -0.3 is 0 Å². The van der Waals surface area contributed by atoms with Crippen molar-refractivity contribution >= 4 is 10.8 Å². The summed E-state index contributed by atoms with van der Waals surface area (Å²) in [6, 6.07) is 57.0. The Balaban J connectivity index is 1.13. The van der Waals surface area contributed by atoms with Gasteiger partial charge >= 0.3 is 0 Å². The van der Waals surface area contributed by atoms with E-state index in [2.05, 4.69) is 135 Å². The standard InChI is InChI=1S/C48H36N4/c1-3-33-28-32(31-49)20-26-43(33)44-27-25-41(29-34(44)4-2)40-17-10-16-39(30-40)35-21-23-38(24-22-35)47-50-46(37-13-6-5-7-14-37)51-48(52-47)45-19-11-15-36-12-8-9-18-42(36)45/h5-30H,3-4H2,1-2H3. The van der Waals surface area contributed by atoms with Crippen molar-refractivity contribution in [1.29, 1.82) is 5.26 Å². The number of hydrogen-bond acceptors (Lipinski definition) is 4. The molecule has 0 spiro atoms. The van der Waals surface area contributed by atoms with Gasteiger partial charge in [-0.1, -0.05) is 153 Å². The SMILES string of the molecule is CCc1cc(C#N)ccc1-c1ccc(-c2cccc(-c3ccc(-c4nc(-c5ccccc5)nc(-c5cccc6ccccc56)n4)cc3)c2)cc1CC. The first-order chi connectivity index (χ1) is 25.6. The summed E-state index contributed by atoms with van der Waals surface area (Å²) in [5.41, 5.74) is 13.1. The Hall–Kier alpha value is -6.70. The summed E-state index contributed by atoms with van der Waals surface area (Å²) < 4.78 is 0. The molecule has 4 nitrogen and oxygen atoms in total. The van der Waals surface area contributed by atoms with Crippen LogP contribution in [0.25, 0.3) is 78.3 Å². The Morgan fingerprint density at radius 3 is 1.67 bits per heavy atom. The number of aryl methyl sites for hydroxylation is 2. The molecular formula is C48H36N4. The fourth-order valence-electron chi connectivity index (χ4n) is 7.00.